The van der Waals surface area contributed by atoms with E-state index in [0.717, 1.165) is 25.7 Å². The molecule has 2 heterocycles. The van der Waals surface area contributed by atoms with E-state index >= 15 is 0 Å². The van der Waals surface area contributed by atoms with Crippen LogP contribution in [0.3, 0.4) is 0 Å². The molecule has 0 saturated carbocycles. The van der Waals surface area contributed by atoms with Crippen molar-refractivity contribution in [3.05, 3.63) is 21.4 Å². The van der Waals surface area contributed by atoms with Gasteiger partial charge in [-0.15, -0.1) is 11.3 Å². The molecule has 0 radical (unpaired) electrons. The van der Waals surface area contributed by atoms with Crippen molar-refractivity contribution in [1.29, 1.82) is 0 Å². The van der Waals surface area contributed by atoms with Crippen molar-refractivity contribution in [2.75, 3.05) is 20.1 Å². The standard InChI is InChI=1S/C11H18N2S/c1-8-4-10(9(2)14-8)7-13(3)11-5-12-6-11/h4,11-12H,5-7H2,1-3H3. The van der Waals surface area contributed by atoms with Crippen LogP contribution in [0.25, 0.3) is 0 Å². The molecular formula is C11H18N2S. The summed E-state index contributed by atoms with van der Waals surface area (Å²) >= 11 is 1.91. The van der Waals surface area contributed by atoms with Gasteiger partial charge in [0.1, 0.15) is 0 Å². The molecule has 78 valence electrons. The SMILES string of the molecule is Cc1cc(CN(C)C2CNC2)c(C)s1. The van der Waals surface area contributed by atoms with E-state index in [2.05, 4.69) is 37.2 Å². The molecule has 1 aliphatic rings. The number of hydrogen-bond acceptors (Lipinski definition) is 3. The van der Waals surface area contributed by atoms with Crippen LogP contribution in [0, 0.1) is 13.8 Å². The number of thiophene rings is 1. The van der Waals surface area contributed by atoms with Crippen LogP contribution < -0.4 is 5.32 Å². The van der Waals surface area contributed by atoms with Gasteiger partial charge in [-0.05, 0) is 32.5 Å². The lowest BCUT2D eigenvalue weighted by Crippen LogP contribution is -2.55. The highest BCUT2D eigenvalue weighted by Gasteiger charge is 2.21. The third-order valence-electron chi connectivity index (χ3n) is 2.95. The Hall–Kier alpha value is -0.380. The quantitative estimate of drug-likeness (QED) is 0.818. The fourth-order valence-electron chi connectivity index (χ4n) is 1.82. The van der Waals surface area contributed by atoms with Crippen LogP contribution in [0.1, 0.15) is 15.3 Å². The maximum atomic E-state index is 3.31. The van der Waals surface area contributed by atoms with Crippen LogP contribution in [-0.2, 0) is 6.54 Å². The summed E-state index contributed by atoms with van der Waals surface area (Å²) in [5.74, 6) is 0. The van der Waals surface area contributed by atoms with Gasteiger partial charge >= 0.3 is 0 Å². The summed E-state index contributed by atoms with van der Waals surface area (Å²) in [5, 5.41) is 3.31. The topological polar surface area (TPSA) is 15.3 Å². The first-order valence-electron chi connectivity index (χ1n) is 5.13. The Balaban J connectivity index is 1.98. The third-order valence-corrected chi connectivity index (χ3v) is 3.96. The minimum absolute atomic E-state index is 0.745. The van der Waals surface area contributed by atoms with Gasteiger partial charge < -0.3 is 5.32 Å². The highest BCUT2D eigenvalue weighted by Crippen LogP contribution is 2.22. The van der Waals surface area contributed by atoms with Gasteiger partial charge in [-0.25, -0.2) is 0 Å². The molecule has 0 unspecified atom stereocenters. The van der Waals surface area contributed by atoms with Crippen LogP contribution in [0.5, 0.6) is 0 Å². The Labute approximate surface area is 89.9 Å². The number of hydrogen-bond donors (Lipinski definition) is 1. The highest BCUT2D eigenvalue weighted by atomic mass is 32.1. The number of rotatable bonds is 3. The Kier molecular flexibility index (Phi) is 2.91. The average molecular weight is 210 g/mol. The molecule has 1 fully saturated rings. The molecule has 14 heavy (non-hydrogen) atoms. The normalized spacial score (nSPS) is 17.4. The lowest BCUT2D eigenvalue weighted by atomic mass is 10.1. The van der Waals surface area contributed by atoms with Crippen LogP contribution in [-0.4, -0.2) is 31.1 Å². The molecule has 1 aromatic heterocycles. The van der Waals surface area contributed by atoms with Gasteiger partial charge in [0.25, 0.3) is 0 Å². The zero-order chi connectivity index (χ0) is 10.1. The van der Waals surface area contributed by atoms with E-state index in [1.165, 1.54) is 15.3 Å². The smallest absolute Gasteiger partial charge is 0.0345 e. The number of nitrogens with zero attached hydrogens (tertiary/aromatic N) is 1. The fraction of sp³-hybridized carbons (Fsp3) is 0.636. The van der Waals surface area contributed by atoms with Gasteiger partial charge in [-0.1, -0.05) is 0 Å². The van der Waals surface area contributed by atoms with E-state index in [-0.39, 0.29) is 0 Å². The molecule has 0 aliphatic carbocycles. The van der Waals surface area contributed by atoms with E-state index in [0.29, 0.717) is 0 Å². The molecule has 1 saturated heterocycles. The van der Waals surface area contributed by atoms with Crippen molar-refractivity contribution in [2.45, 2.75) is 26.4 Å². The monoisotopic (exact) mass is 210 g/mol. The van der Waals surface area contributed by atoms with Crippen molar-refractivity contribution >= 4 is 11.3 Å². The van der Waals surface area contributed by atoms with Crippen LogP contribution in [0.4, 0.5) is 0 Å². The van der Waals surface area contributed by atoms with E-state index in [4.69, 9.17) is 0 Å². The van der Waals surface area contributed by atoms with Crippen LogP contribution >= 0.6 is 11.3 Å². The first-order chi connectivity index (χ1) is 6.66. The predicted octanol–water partition coefficient (Wildman–Crippen LogP) is 1.77. The molecule has 0 atom stereocenters. The van der Waals surface area contributed by atoms with E-state index < -0.39 is 0 Å². The van der Waals surface area contributed by atoms with Crippen molar-refractivity contribution in [3.8, 4) is 0 Å². The van der Waals surface area contributed by atoms with Crippen LogP contribution in [0.2, 0.25) is 0 Å². The van der Waals surface area contributed by atoms with Gasteiger partial charge in [-0.3, -0.25) is 4.90 Å². The zero-order valence-electron chi connectivity index (χ0n) is 9.13. The molecule has 0 aromatic carbocycles. The fourth-order valence-corrected chi connectivity index (χ4v) is 2.76. The van der Waals surface area contributed by atoms with Crippen molar-refractivity contribution in [2.24, 2.45) is 0 Å². The molecule has 1 aromatic rings. The number of likely N-dealkylation sites (N-methyl/N-ethyl adjacent to an activating group) is 1. The highest BCUT2D eigenvalue weighted by molar-refractivity contribution is 7.12. The van der Waals surface area contributed by atoms with Gasteiger partial charge in [0.05, 0.1) is 0 Å². The van der Waals surface area contributed by atoms with Crippen molar-refractivity contribution in [1.82, 2.24) is 10.2 Å². The predicted molar refractivity (Wildman–Crippen MR) is 61.9 cm³/mol. The minimum Gasteiger partial charge on any atom is -0.314 e. The maximum absolute atomic E-state index is 3.31. The third kappa shape index (κ3) is 2.00. The van der Waals surface area contributed by atoms with Crippen molar-refractivity contribution in [3.63, 3.8) is 0 Å². The van der Waals surface area contributed by atoms with Crippen molar-refractivity contribution < 1.29 is 0 Å². The maximum Gasteiger partial charge on any atom is 0.0345 e. The van der Waals surface area contributed by atoms with Crippen LogP contribution in [0.15, 0.2) is 6.07 Å². The Morgan fingerprint density at radius 2 is 2.21 bits per heavy atom. The molecule has 0 spiro atoms. The molecular weight excluding hydrogens is 192 g/mol. The van der Waals surface area contributed by atoms with Gasteiger partial charge in [0, 0.05) is 35.4 Å². The second-order valence-corrected chi connectivity index (χ2v) is 5.63. The first-order valence-corrected chi connectivity index (χ1v) is 5.95. The van der Waals surface area contributed by atoms with E-state index in [1.54, 1.807) is 0 Å². The summed E-state index contributed by atoms with van der Waals surface area (Å²) in [6, 6.07) is 3.07. The number of aryl methyl sites for hydroxylation is 2. The lowest BCUT2D eigenvalue weighted by Gasteiger charge is -2.35. The second-order valence-electron chi connectivity index (χ2n) is 4.17. The summed E-state index contributed by atoms with van der Waals surface area (Å²) in [4.78, 5) is 5.35. The van der Waals surface area contributed by atoms with Gasteiger partial charge in [0.15, 0.2) is 0 Å². The molecule has 1 N–H and O–H groups in total. The largest absolute Gasteiger partial charge is 0.314 e. The molecule has 2 rings (SSSR count). The summed E-state index contributed by atoms with van der Waals surface area (Å²) in [5.41, 5.74) is 1.50. The number of nitrogens with one attached hydrogen (secondary N) is 1. The van der Waals surface area contributed by atoms with E-state index in [9.17, 15) is 0 Å². The molecule has 2 nitrogen and oxygen atoms in total. The zero-order valence-corrected chi connectivity index (χ0v) is 9.95. The first kappa shape index (κ1) is 10.1. The average Bonchev–Trinajstić information content (AvgIpc) is 2.26. The molecule has 0 amide bonds. The summed E-state index contributed by atoms with van der Waals surface area (Å²) < 4.78 is 0. The Morgan fingerprint density at radius 1 is 1.50 bits per heavy atom. The lowest BCUT2D eigenvalue weighted by molar-refractivity contribution is 0.173. The summed E-state index contributed by atoms with van der Waals surface area (Å²) in [7, 11) is 2.22. The molecule has 3 heteroatoms. The summed E-state index contributed by atoms with van der Waals surface area (Å²) in [6.07, 6.45) is 0. The second kappa shape index (κ2) is 4.01. The van der Waals surface area contributed by atoms with Gasteiger partial charge in [-0.2, -0.15) is 0 Å². The minimum atomic E-state index is 0.745. The molecule has 0 bridgehead atoms. The Bertz CT molecular complexity index is 315. The molecule has 1 aliphatic heterocycles. The van der Waals surface area contributed by atoms with E-state index in [1.807, 2.05) is 11.3 Å². The Morgan fingerprint density at radius 3 is 2.64 bits per heavy atom. The van der Waals surface area contributed by atoms with Gasteiger partial charge in [0.2, 0.25) is 0 Å². The summed E-state index contributed by atoms with van der Waals surface area (Å²) in [6.45, 7) is 7.81.